The molecule has 1 atom stereocenters. The van der Waals surface area contributed by atoms with Crippen molar-refractivity contribution in [3.8, 4) is 6.57 Å². The predicted octanol–water partition coefficient (Wildman–Crippen LogP) is 2.30. The predicted molar refractivity (Wildman–Crippen MR) is 37.2 cm³/mol. The van der Waals surface area contributed by atoms with Crippen LogP contribution in [0.1, 0.15) is 19.8 Å². The van der Waals surface area contributed by atoms with E-state index >= 15 is 0 Å². The smallest absolute Gasteiger partial charge is 0.0953 e. The molecule has 0 aliphatic carbocycles. The number of hydrogen-bond donors (Lipinski definition) is 0. The zero-order valence-electron chi connectivity index (χ0n) is 5.30. The Morgan fingerprint density at radius 1 is 1.88 bits per heavy atom. The second-order valence-corrected chi connectivity index (χ2v) is 1.74. The van der Waals surface area contributed by atoms with Gasteiger partial charge in [0.1, 0.15) is 0 Å². The van der Waals surface area contributed by atoms with Crippen LogP contribution in [0.3, 0.4) is 0 Å². The molecule has 0 saturated heterocycles. The minimum Gasteiger partial charge on any atom is -0.0953 e. The molecule has 0 amide bonds. The molecule has 0 radical (unpaired) electrons. The molecule has 0 heterocycles. The van der Waals surface area contributed by atoms with Crippen molar-refractivity contribution in [2.45, 2.75) is 25.8 Å². The van der Waals surface area contributed by atoms with Crippen molar-refractivity contribution in [3.63, 3.8) is 0 Å². The Kier molecular flexibility index (Phi) is 3.97. The Morgan fingerprint density at radius 2 is 2.50 bits per heavy atom. The Balaban J connectivity index is 3.40. The van der Waals surface area contributed by atoms with Gasteiger partial charge < -0.3 is 0 Å². The Hall–Kier alpha value is -0.770. The highest BCUT2D eigenvalue weighted by atomic mass is 14.7. The van der Waals surface area contributed by atoms with Crippen molar-refractivity contribution in [3.05, 3.63) is 17.5 Å². The third-order valence-corrected chi connectivity index (χ3v) is 1.05. The Labute approximate surface area is 50.8 Å². The molecule has 0 rings (SSSR count). The lowest BCUT2D eigenvalue weighted by molar-refractivity contribution is 0.775. The van der Waals surface area contributed by atoms with Gasteiger partial charge in [0, 0.05) is 6.42 Å². The fraction of sp³-hybridized carbons (Fsp3) is 0.571. The van der Waals surface area contributed by atoms with Gasteiger partial charge in [-0.25, -0.2) is 0 Å². The maximum atomic E-state index is 5.02. The van der Waals surface area contributed by atoms with E-state index in [-0.39, 0.29) is 6.04 Å². The highest BCUT2D eigenvalue weighted by Crippen LogP contribution is 2.00. The van der Waals surface area contributed by atoms with Crippen LogP contribution < -0.4 is 0 Å². The lowest BCUT2D eigenvalue weighted by Crippen LogP contribution is -1.93. The average Bonchev–Trinajstić information content (AvgIpc) is 1.83. The fourth-order valence-electron chi connectivity index (χ4n) is 0.549. The first-order chi connectivity index (χ1) is 3.85. The quantitative estimate of drug-likeness (QED) is 0.491. The standard InChI is InChI=1S/C7H12N/c1-4-6-7(5-2)8-3/h3,5,7H,2,4,6H2,1H3/q+1. The van der Waals surface area contributed by atoms with Crippen LogP contribution in [0.5, 0.6) is 0 Å². The SMILES string of the molecule is C#[N+]C(C=C)CCC. The molecule has 0 aliphatic heterocycles. The maximum Gasteiger partial charge on any atom is 0.290 e. The maximum absolute atomic E-state index is 5.02. The first kappa shape index (κ1) is 7.23. The molecular weight excluding hydrogens is 98.1 g/mol. The van der Waals surface area contributed by atoms with Crippen LogP contribution in [-0.2, 0) is 0 Å². The van der Waals surface area contributed by atoms with Crippen molar-refractivity contribution < 1.29 is 0 Å². The molecular formula is C7H12N+. The molecule has 0 N–H and O–H groups in total. The molecule has 1 nitrogen and oxygen atoms in total. The summed E-state index contributed by atoms with van der Waals surface area (Å²) in [6.45, 7) is 10.7. The molecule has 0 fully saturated rings. The van der Waals surface area contributed by atoms with Gasteiger partial charge in [-0.2, -0.15) is 0 Å². The van der Waals surface area contributed by atoms with Crippen LogP contribution in [0.15, 0.2) is 12.7 Å². The van der Waals surface area contributed by atoms with E-state index in [9.17, 15) is 0 Å². The van der Waals surface area contributed by atoms with Gasteiger partial charge in [-0.3, -0.25) is 0 Å². The summed E-state index contributed by atoms with van der Waals surface area (Å²) in [5.41, 5.74) is 0. The molecule has 0 saturated carbocycles. The summed E-state index contributed by atoms with van der Waals surface area (Å²) in [5, 5.41) is 0. The van der Waals surface area contributed by atoms with Crippen LogP contribution in [0.25, 0.3) is 4.85 Å². The van der Waals surface area contributed by atoms with Gasteiger partial charge in [0.2, 0.25) is 0 Å². The van der Waals surface area contributed by atoms with Crippen molar-refractivity contribution in [2.24, 2.45) is 0 Å². The second kappa shape index (κ2) is 4.39. The van der Waals surface area contributed by atoms with E-state index in [1.165, 1.54) is 0 Å². The van der Waals surface area contributed by atoms with Crippen molar-refractivity contribution in [1.29, 1.82) is 0 Å². The summed E-state index contributed by atoms with van der Waals surface area (Å²) in [6, 6.07) is 0.167. The first-order valence-electron chi connectivity index (χ1n) is 2.87. The highest BCUT2D eigenvalue weighted by molar-refractivity contribution is 4.95. The van der Waals surface area contributed by atoms with Crippen molar-refractivity contribution in [1.82, 2.24) is 0 Å². The lowest BCUT2D eigenvalue weighted by Gasteiger charge is -1.86. The third-order valence-electron chi connectivity index (χ3n) is 1.05. The van der Waals surface area contributed by atoms with E-state index in [2.05, 4.69) is 18.3 Å². The van der Waals surface area contributed by atoms with Gasteiger partial charge >= 0.3 is 0 Å². The third kappa shape index (κ3) is 2.41. The zero-order valence-corrected chi connectivity index (χ0v) is 5.30. The zero-order chi connectivity index (χ0) is 6.41. The summed E-state index contributed by atoms with van der Waals surface area (Å²) in [4.78, 5) is 3.58. The summed E-state index contributed by atoms with van der Waals surface area (Å²) >= 11 is 0. The molecule has 0 bridgehead atoms. The molecule has 0 aromatic heterocycles. The monoisotopic (exact) mass is 110 g/mol. The molecule has 44 valence electrons. The van der Waals surface area contributed by atoms with E-state index < -0.39 is 0 Å². The number of nitrogens with zero attached hydrogens (tertiary/aromatic N) is 1. The second-order valence-electron chi connectivity index (χ2n) is 1.74. The molecule has 0 aromatic rings. The Morgan fingerprint density at radius 3 is 2.62 bits per heavy atom. The summed E-state index contributed by atoms with van der Waals surface area (Å²) < 4.78 is 0. The van der Waals surface area contributed by atoms with Gasteiger partial charge in [0.05, 0.1) is 0 Å². The summed E-state index contributed by atoms with van der Waals surface area (Å²) in [7, 11) is 0. The summed E-state index contributed by atoms with van der Waals surface area (Å²) in [5.74, 6) is 0. The van der Waals surface area contributed by atoms with E-state index in [0.29, 0.717) is 0 Å². The molecule has 0 aromatic carbocycles. The van der Waals surface area contributed by atoms with Crippen LogP contribution in [0.2, 0.25) is 0 Å². The van der Waals surface area contributed by atoms with Crippen molar-refractivity contribution in [2.75, 3.05) is 0 Å². The minimum atomic E-state index is 0.167. The van der Waals surface area contributed by atoms with Crippen LogP contribution in [0.4, 0.5) is 0 Å². The van der Waals surface area contributed by atoms with Gasteiger partial charge in [0.15, 0.2) is 0 Å². The largest absolute Gasteiger partial charge is 0.290 e. The molecule has 8 heavy (non-hydrogen) atoms. The molecule has 1 heteroatoms. The summed E-state index contributed by atoms with van der Waals surface area (Å²) in [6.07, 6.45) is 3.89. The topological polar surface area (TPSA) is 4.36 Å². The number of rotatable bonds is 3. The average molecular weight is 110 g/mol. The van der Waals surface area contributed by atoms with E-state index in [1.54, 1.807) is 6.08 Å². The van der Waals surface area contributed by atoms with E-state index in [0.717, 1.165) is 12.8 Å². The van der Waals surface area contributed by atoms with Gasteiger partial charge in [-0.15, -0.1) is 0 Å². The van der Waals surface area contributed by atoms with Gasteiger partial charge in [0.25, 0.3) is 12.6 Å². The minimum absolute atomic E-state index is 0.167. The lowest BCUT2D eigenvalue weighted by atomic mass is 10.2. The molecule has 0 aliphatic rings. The van der Waals surface area contributed by atoms with E-state index in [1.807, 2.05) is 0 Å². The fourth-order valence-corrected chi connectivity index (χ4v) is 0.549. The number of hydrogen-bond acceptors (Lipinski definition) is 0. The highest BCUT2D eigenvalue weighted by Gasteiger charge is 2.06. The molecule has 1 unspecified atom stereocenters. The Bertz CT molecular complexity index is 99.4. The van der Waals surface area contributed by atoms with E-state index in [4.69, 9.17) is 6.57 Å². The van der Waals surface area contributed by atoms with Crippen LogP contribution in [-0.4, -0.2) is 6.04 Å². The normalized spacial score (nSPS) is 12.0. The van der Waals surface area contributed by atoms with Crippen LogP contribution >= 0.6 is 0 Å². The van der Waals surface area contributed by atoms with Crippen molar-refractivity contribution >= 4 is 0 Å². The molecule has 0 spiro atoms. The van der Waals surface area contributed by atoms with Crippen LogP contribution in [0, 0.1) is 6.57 Å². The first-order valence-corrected chi connectivity index (χ1v) is 2.87. The van der Waals surface area contributed by atoms with Gasteiger partial charge in [-0.1, -0.05) is 18.3 Å². The van der Waals surface area contributed by atoms with Gasteiger partial charge in [-0.05, 0) is 12.5 Å².